The van der Waals surface area contributed by atoms with Crippen molar-refractivity contribution in [1.29, 1.82) is 0 Å². The molecule has 0 spiro atoms. The van der Waals surface area contributed by atoms with Crippen LogP contribution < -0.4 is 10.1 Å². The van der Waals surface area contributed by atoms with E-state index in [0.717, 1.165) is 22.8 Å². The van der Waals surface area contributed by atoms with Gasteiger partial charge in [0.2, 0.25) is 0 Å². The van der Waals surface area contributed by atoms with E-state index in [0.29, 0.717) is 11.3 Å². The fraction of sp³-hybridized carbons (Fsp3) is 0.0556. The molecule has 2 aromatic heterocycles. The fourth-order valence-corrected chi connectivity index (χ4v) is 2.54. The summed E-state index contributed by atoms with van der Waals surface area (Å²) >= 11 is 0. The van der Waals surface area contributed by atoms with Crippen LogP contribution in [-0.2, 0) is 0 Å². The highest BCUT2D eigenvalue weighted by Gasteiger charge is 2.11. The average molecular weight is 317 g/mol. The number of nitrogens with one attached hydrogen (secondary N) is 1. The molecule has 0 aliphatic rings. The van der Waals surface area contributed by atoms with Crippen LogP contribution in [0.15, 0.2) is 67.3 Å². The average Bonchev–Trinajstić information content (AvgIpc) is 3.08. The largest absolute Gasteiger partial charge is 0.497 e. The lowest BCUT2D eigenvalue weighted by atomic mass is 10.3. The second-order valence-corrected chi connectivity index (χ2v) is 5.20. The van der Waals surface area contributed by atoms with Gasteiger partial charge < -0.3 is 10.1 Å². The Kier molecular flexibility index (Phi) is 3.55. The van der Waals surface area contributed by atoms with E-state index in [1.165, 1.54) is 6.33 Å². The number of hydrogen-bond donors (Lipinski definition) is 1. The Bertz CT molecular complexity index is 981. The molecular formula is C18H15N5O. The second kappa shape index (κ2) is 6.00. The zero-order chi connectivity index (χ0) is 16.4. The van der Waals surface area contributed by atoms with Crippen molar-refractivity contribution in [2.45, 2.75) is 0 Å². The van der Waals surface area contributed by atoms with Crippen molar-refractivity contribution in [2.24, 2.45) is 0 Å². The molecule has 0 unspecified atom stereocenters. The Morgan fingerprint density at radius 2 is 1.83 bits per heavy atom. The van der Waals surface area contributed by atoms with Gasteiger partial charge in [0.15, 0.2) is 17.0 Å². The standard InChI is InChI=1S/C18H15N5O/c1-24-15-9-5-6-13(10-15)22-17-16-18(20-11-19-17)23(12-21-16)14-7-3-2-4-8-14/h2-12H,1H3,(H,19,20,22). The molecule has 2 aromatic carbocycles. The molecule has 0 saturated heterocycles. The molecule has 118 valence electrons. The molecule has 0 radical (unpaired) electrons. The quantitative estimate of drug-likeness (QED) is 0.623. The molecule has 4 aromatic rings. The van der Waals surface area contributed by atoms with E-state index in [2.05, 4.69) is 20.3 Å². The summed E-state index contributed by atoms with van der Waals surface area (Å²) in [6, 6.07) is 17.6. The van der Waals surface area contributed by atoms with Gasteiger partial charge in [0.1, 0.15) is 18.4 Å². The number of para-hydroxylation sites is 1. The van der Waals surface area contributed by atoms with Crippen LogP contribution in [0.2, 0.25) is 0 Å². The van der Waals surface area contributed by atoms with Gasteiger partial charge in [-0.15, -0.1) is 0 Å². The third-order valence-corrected chi connectivity index (χ3v) is 3.70. The van der Waals surface area contributed by atoms with Gasteiger partial charge in [-0.1, -0.05) is 24.3 Å². The Labute approximate surface area is 138 Å². The van der Waals surface area contributed by atoms with Crippen LogP contribution in [0, 0.1) is 0 Å². The molecule has 2 heterocycles. The van der Waals surface area contributed by atoms with Gasteiger partial charge in [-0.05, 0) is 24.3 Å². The Hall–Kier alpha value is -3.41. The fourth-order valence-electron chi connectivity index (χ4n) is 2.54. The number of methoxy groups -OCH3 is 1. The van der Waals surface area contributed by atoms with E-state index in [9.17, 15) is 0 Å². The first kappa shape index (κ1) is 14.2. The molecule has 0 aliphatic heterocycles. The van der Waals surface area contributed by atoms with Crippen LogP contribution in [-0.4, -0.2) is 26.6 Å². The van der Waals surface area contributed by atoms with Gasteiger partial charge in [0.25, 0.3) is 0 Å². The molecule has 0 fully saturated rings. The smallest absolute Gasteiger partial charge is 0.170 e. The van der Waals surface area contributed by atoms with Crippen LogP contribution >= 0.6 is 0 Å². The number of fused-ring (bicyclic) bond motifs is 1. The molecule has 0 atom stereocenters. The minimum absolute atomic E-state index is 0.655. The van der Waals surface area contributed by atoms with Crippen molar-refractivity contribution >= 4 is 22.7 Å². The van der Waals surface area contributed by atoms with Crippen LogP contribution in [0.4, 0.5) is 11.5 Å². The number of aromatic nitrogens is 4. The first-order valence-corrected chi connectivity index (χ1v) is 7.50. The first-order valence-electron chi connectivity index (χ1n) is 7.50. The van der Waals surface area contributed by atoms with E-state index in [-0.39, 0.29) is 0 Å². The van der Waals surface area contributed by atoms with Crippen molar-refractivity contribution in [3.8, 4) is 11.4 Å². The van der Waals surface area contributed by atoms with Crippen molar-refractivity contribution in [2.75, 3.05) is 12.4 Å². The van der Waals surface area contributed by atoms with Gasteiger partial charge in [0, 0.05) is 17.4 Å². The Morgan fingerprint density at radius 3 is 2.67 bits per heavy atom. The highest BCUT2D eigenvalue weighted by atomic mass is 16.5. The summed E-state index contributed by atoms with van der Waals surface area (Å²) < 4.78 is 7.19. The number of rotatable bonds is 4. The van der Waals surface area contributed by atoms with E-state index >= 15 is 0 Å². The molecule has 0 saturated carbocycles. The maximum atomic E-state index is 5.25. The summed E-state index contributed by atoms with van der Waals surface area (Å²) in [5.74, 6) is 1.43. The van der Waals surface area contributed by atoms with Gasteiger partial charge in [-0.3, -0.25) is 4.57 Å². The highest BCUT2D eigenvalue weighted by molar-refractivity contribution is 5.86. The first-order chi connectivity index (χ1) is 11.8. The summed E-state index contributed by atoms with van der Waals surface area (Å²) in [6.07, 6.45) is 3.29. The van der Waals surface area contributed by atoms with E-state index < -0.39 is 0 Å². The lowest BCUT2D eigenvalue weighted by Crippen LogP contribution is -1.98. The summed E-state index contributed by atoms with van der Waals surface area (Å²) in [7, 11) is 1.64. The number of nitrogens with zero attached hydrogens (tertiary/aromatic N) is 4. The summed E-state index contributed by atoms with van der Waals surface area (Å²) in [5, 5.41) is 3.28. The van der Waals surface area contributed by atoms with Gasteiger partial charge in [0.05, 0.1) is 7.11 Å². The normalized spacial score (nSPS) is 10.7. The third-order valence-electron chi connectivity index (χ3n) is 3.70. The molecule has 6 nitrogen and oxygen atoms in total. The topological polar surface area (TPSA) is 64.9 Å². The van der Waals surface area contributed by atoms with Crippen molar-refractivity contribution < 1.29 is 4.74 Å². The minimum Gasteiger partial charge on any atom is -0.497 e. The summed E-state index contributed by atoms with van der Waals surface area (Å²) in [6.45, 7) is 0. The molecule has 6 heteroatoms. The second-order valence-electron chi connectivity index (χ2n) is 5.20. The number of benzene rings is 2. The summed E-state index contributed by atoms with van der Waals surface area (Å²) in [4.78, 5) is 13.2. The minimum atomic E-state index is 0.655. The molecule has 0 bridgehead atoms. The summed E-state index contributed by atoms with van der Waals surface area (Å²) in [5.41, 5.74) is 3.35. The SMILES string of the molecule is COc1cccc(Nc2ncnc3c2ncn3-c2ccccc2)c1. The van der Waals surface area contributed by atoms with E-state index in [1.54, 1.807) is 13.4 Å². The number of anilines is 2. The lowest BCUT2D eigenvalue weighted by Gasteiger charge is -2.08. The number of imidazole rings is 1. The predicted octanol–water partition coefficient (Wildman–Crippen LogP) is 3.57. The molecular weight excluding hydrogens is 302 g/mol. The van der Waals surface area contributed by atoms with E-state index in [4.69, 9.17) is 4.74 Å². The molecule has 0 aliphatic carbocycles. The number of hydrogen-bond acceptors (Lipinski definition) is 5. The molecule has 0 amide bonds. The predicted molar refractivity (Wildman–Crippen MR) is 92.9 cm³/mol. The highest BCUT2D eigenvalue weighted by Crippen LogP contribution is 2.25. The number of ether oxygens (including phenoxy) is 1. The van der Waals surface area contributed by atoms with Crippen LogP contribution in [0.25, 0.3) is 16.9 Å². The third kappa shape index (κ3) is 2.54. The lowest BCUT2D eigenvalue weighted by molar-refractivity contribution is 0.415. The molecule has 24 heavy (non-hydrogen) atoms. The van der Waals surface area contributed by atoms with Crippen LogP contribution in [0.3, 0.4) is 0 Å². The van der Waals surface area contributed by atoms with Gasteiger partial charge in [-0.25, -0.2) is 15.0 Å². The van der Waals surface area contributed by atoms with Crippen molar-refractivity contribution in [3.05, 3.63) is 67.3 Å². The van der Waals surface area contributed by atoms with Crippen molar-refractivity contribution in [3.63, 3.8) is 0 Å². The maximum absolute atomic E-state index is 5.25. The molecule has 4 rings (SSSR count). The van der Waals surface area contributed by atoms with Crippen LogP contribution in [0.1, 0.15) is 0 Å². The van der Waals surface area contributed by atoms with E-state index in [1.807, 2.05) is 59.2 Å². The Balaban J connectivity index is 1.76. The van der Waals surface area contributed by atoms with Crippen molar-refractivity contribution in [1.82, 2.24) is 19.5 Å². The maximum Gasteiger partial charge on any atom is 0.170 e. The molecule has 1 N–H and O–H groups in total. The monoisotopic (exact) mass is 317 g/mol. The zero-order valence-electron chi connectivity index (χ0n) is 13.0. The van der Waals surface area contributed by atoms with Crippen LogP contribution in [0.5, 0.6) is 5.75 Å². The van der Waals surface area contributed by atoms with Gasteiger partial charge >= 0.3 is 0 Å². The van der Waals surface area contributed by atoms with Gasteiger partial charge in [-0.2, -0.15) is 0 Å². The zero-order valence-corrected chi connectivity index (χ0v) is 13.0. The Morgan fingerprint density at radius 1 is 0.958 bits per heavy atom.